The monoisotopic (exact) mass is 507 g/mol. The van der Waals surface area contributed by atoms with Gasteiger partial charge in [0.05, 0.1) is 16.1 Å². The highest BCUT2D eigenvalue weighted by molar-refractivity contribution is 7.19. The van der Waals surface area contributed by atoms with Crippen molar-refractivity contribution in [2.45, 2.75) is 76.2 Å². The van der Waals surface area contributed by atoms with E-state index >= 15 is 0 Å². The Bertz CT molecular complexity index is 1340. The first kappa shape index (κ1) is 25.0. The molecule has 8 heteroatoms. The number of fused-ring (bicyclic) bond motifs is 3. The van der Waals surface area contributed by atoms with Gasteiger partial charge in [-0.3, -0.25) is 9.36 Å². The molecule has 1 aromatic carbocycles. The number of aliphatic hydroxyl groups is 2. The lowest BCUT2D eigenvalue weighted by Gasteiger charge is -2.36. The first-order valence-electron chi connectivity index (χ1n) is 12.8. The van der Waals surface area contributed by atoms with Gasteiger partial charge in [-0.2, -0.15) is 0 Å². The summed E-state index contributed by atoms with van der Waals surface area (Å²) in [5, 5.41) is 19.2. The summed E-state index contributed by atoms with van der Waals surface area (Å²) in [6, 6.07) is 8.82. The number of aromatic nitrogens is 2. The zero-order chi connectivity index (χ0) is 25.2. The average molecular weight is 508 g/mol. The molecule has 0 aliphatic carbocycles. The lowest BCUT2D eigenvalue weighted by Crippen LogP contribution is -2.43. The van der Waals surface area contributed by atoms with Gasteiger partial charge in [-0.1, -0.05) is 18.8 Å². The normalized spacial score (nSPS) is 22.4. The molecule has 0 amide bonds. The van der Waals surface area contributed by atoms with Gasteiger partial charge < -0.3 is 19.8 Å². The standard InChI is InChI=1S/C28H33N3O4S/c1-3-22(33)9-10-24-16-25-27(36-24)28(34)31(17-29-25)21-8-11-26(18(13-21)5-4-12-32)35-23-14-19-6-7-20(15-23)30(19)2/h8,11,13,16-17,19-20,22-23,32-33H,3-7,12,14-15H2,1-2H3/t19-,20+,22?,23+. The Labute approximate surface area is 215 Å². The Morgan fingerprint density at radius 3 is 2.75 bits per heavy atom. The van der Waals surface area contributed by atoms with E-state index in [1.165, 1.54) is 24.2 Å². The SMILES string of the molecule is CCC(O)C#Cc1cc2ncn(-c3ccc(O[C@H]4C[C@H]5CC[C@@H](C4)N5C)c(CCCO)c3)c(=O)c2s1. The summed E-state index contributed by atoms with van der Waals surface area (Å²) in [6.07, 6.45) is 7.47. The Morgan fingerprint density at radius 1 is 1.25 bits per heavy atom. The number of hydrogen-bond donors (Lipinski definition) is 2. The van der Waals surface area contributed by atoms with E-state index in [-0.39, 0.29) is 18.3 Å². The minimum absolute atomic E-state index is 0.0985. The molecule has 0 spiro atoms. The van der Waals surface area contributed by atoms with Crippen LogP contribution in [-0.4, -0.2) is 62.6 Å². The number of aryl methyl sites for hydroxylation is 1. The molecule has 5 rings (SSSR count). The van der Waals surface area contributed by atoms with Gasteiger partial charge in [0.25, 0.3) is 5.56 Å². The lowest BCUT2D eigenvalue weighted by molar-refractivity contribution is 0.0655. The molecule has 2 fully saturated rings. The van der Waals surface area contributed by atoms with E-state index in [1.54, 1.807) is 17.0 Å². The maximum absolute atomic E-state index is 13.3. The van der Waals surface area contributed by atoms with Gasteiger partial charge in [-0.15, -0.1) is 11.3 Å². The smallest absolute Gasteiger partial charge is 0.275 e. The highest BCUT2D eigenvalue weighted by Gasteiger charge is 2.39. The van der Waals surface area contributed by atoms with Crippen molar-refractivity contribution in [3.05, 3.63) is 51.4 Å². The van der Waals surface area contributed by atoms with Crippen LogP contribution in [0.15, 0.2) is 35.4 Å². The third kappa shape index (κ3) is 5.07. The number of thiophene rings is 1. The van der Waals surface area contributed by atoms with E-state index in [0.29, 0.717) is 46.4 Å². The first-order valence-corrected chi connectivity index (χ1v) is 13.6. The second kappa shape index (κ2) is 10.7. The molecule has 3 aromatic rings. The van der Waals surface area contributed by atoms with E-state index in [4.69, 9.17) is 4.74 Å². The molecule has 2 aliphatic rings. The zero-order valence-corrected chi connectivity index (χ0v) is 21.6. The van der Waals surface area contributed by atoms with Crippen molar-refractivity contribution in [1.29, 1.82) is 0 Å². The van der Waals surface area contributed by atoms with Gasteiger partial charge in [-0.25, -0.2) is 4.98 Å². The lowest BCUT2D eigenvalue weighted by atomic mass is 10.00. The molecular weight excluding hydrogens is 474 g/mol. The number of nitrogens with zero attached hydrogens (tertiary/aromatic N) is 3. The summed E-state index contributed by atoms with van der Waals surface area (Å²) in [5.41, 5.74) is 2.17. The van der Waals surface area contributed by atoms with Crippen molar-refractivity contribution in [1.82, 2.24) is 14.5 Å². The summed E-state index contributed by atoms with van der Waals surface area (Å²) >= 11 is 1.29. The molecule has 0 radical (unpaired) electrons. The largest absolute Gasteiger partial charge is 0.490 e. The molecule has 4 heterocycles. The average Bonchev–Trinajstić information content (AvgIpc) is 3.38. The van der Waals surface area contributed by atoms with E-state index < -0.39 is 6.10 Å². The van der Waals surface area contributed by atoms with Gasteiger partial charge >= 0.3 is 0 Å². The number of piperidine rings is 1. The van der Waals surface area contributed by atoms with E-state index in [0.717, 1.165) is 29.8 Å². The summed E-state index contributed by atoms with van der Waals surface area (Å²) in [5.74, 6) is 6.59. The van der Waals surface area contributed by atoms with Crippen molar-refractivity contribution in [2.75, 3.05) is 13.7 Å². The number of rotatable bonds is 7. The molecule has 1 unspecified atom stereocenters. The van der Waals surface area contributed by atoms with Crippen LogP contribution in [0.1, 0.15) is 55.9 Å². The molecule has 2 saturated heterocycles. The maximum atomic E-state index is 13.3. The van der Waals surface area contributed by atoms with Crippen LogP contribution < -0.4 is 10.3 Å². The third-order valence-electron chi connectivity index (χ3n) is 7.46. The van der Waals surface area contributed by atoms with Crippen molar-refractivity contribution in [2.24, 2.45) is 0 Å². The molecule has 2 aliphatic heterocycles. The van der Waals surface area contributed by atoms with Crippen LogP contribution >= 0.6 is 11.3 Å². The summed E-state index contributed by atoms with van der Waals surface area (Å²) in [6.45, 7) is 1.97. The first-order chi connectivity index (χ1) is 17.5. The number of benzene rings is 1. The van der Waals surface area contributed by atoms with Crippen LogP contribution in [0.5, 0.6) is 5.75 Å². The van der Waals surface area contributed by atoms with Gasteiger partial charge in [0.1, 0.15) is 29.0 Å². The highest BCUT2D eigenvalue weighted by Crippen LogP contribution is 2.37. The van der Waals surface area contributed by atoms with E-state index in [1.807, 2.05) is 25.1 Å². The molecule has 190 valence electrons. The van der Waals surface area contributed by atoms with Crippen molar-refractivity contribution in [3.63, 3.8) is 0 Å². The zero-order valence-electron chi connectivity index (χ0n) is 20.8. The summed E-state index contributed by atoms with van der Waals surface area (Å²) < 4.78 is 8.61. The number of ether oxygens (including phenoxy) is 1. The fourth-order valence-corrected chi connectivity index (χ4v) is 6.25. The van der Waals surface area contributed by atoms with Gasteiger partial charge in [0.15, 0.2) is 0 Å². The number of hydrogen-bond acceptors (Lipinski definition) is 7. The summed E-state index contributed by atoms with van der Waals surface area (Å²) in [7, 11) is 2.22. The molecular formula is C28H33N3O4S. The number of aliphatic hydroxyl groups excluding tert-OH is 2. The second-order valence-electron chi connectivity index (χ2n) is 9.82. The van der Waals surface area contributed by atoms with E-state index in [9.17, 15) is 15.0 Å². The van der Waals surface area contributed by atoms with Crippen LogP contribution in [-0.2, 0) is 6.42 Å². The Kier molecular flexibility index (Phi) is 7.44. The van der Waals surface area contributed by atoms with Crippen molar-refractivity contribution < 1.29 is 14.9 Å². The van der Waals surface area contributed by atoms with Gasteiger partial charge in [0.2, 0.25) is 0 Å². The molecule has 2 aromatic heterocycles. The fourth-order valence-electron chi connectivity index (χ4n) is 5.35. The summed E-state index contributed by atoms with van der Waals surface area (Å²) in [4.78, 5) is 21.0. The second-order valence-corrected chi connectivity index (χ2v) is 10.9. The van der Waals surface area contributed by atoms with Gasteiger partial charge in [-0.05, 0) is 81.8 Å². The van der Waals surface area contributed by atoms with E-state index in [2.05, 4.69) is 28.8 Å². The topological polar surface area (TPSA) is 87.8 Å². The Hall–Kier alpha value is -2.70. The predicted molar refractivity (Wildman–Crippen MR) is 142 cm³/mol. The molecule has 4 atom stereocenters. The van der Waals surface area contributed by atoms with Crippen molar-refractivity contribution >= 4 is 21.6 Å². The van der Waals surface area contributed by atoms with Gasteiger partial charge in [0, 0.05) is 18.7 Å². The van der Waals surface area contributed by atoms with Crippen LogP contribution in [0.25, 0.3) is 15.9 Å². The Morgan fingerprint density at radius 2 is 2.03 bits per heavy atom. The molecule has 2 N–H and O–H groups in total. The Balaban J connectivity index is 1.43. The highest BCUT2D eigenvalue weighted by atomic mass is 32.1. The predicted octanol–water partition coefficient (Wildman–Crippen LogP) is 3.50. The minimum atomic E-state index is -0.678. The minimum Gasteiger partial charge on any atom is -0.490 e. The fraction of sp³-hybridized carbons (Fsp3) is 0.500. The third-order valence-corrected chi connectivity index (χ3v) is 8.49. The molecule has 2 bridgehead atoms. The molecule has 36 heavy (non-hydrogen) atoms. The van der Waals surface area contributed by atoms with Crippen LogP contribution in [0.4, 0.5) is 0 Å². The molecule has 7 nitrogen and oxygen atoms in total. The molecule has 0 saturated carbocycles. The van der Waals surface area contributed by atoms with Crippen LogP contribution in [0, 0.1) is 11.8 Å². The quantitative estimate of drug-likeness (QED) is 0.476. The van der Waals surface area contributed by atoms with Crippen LogP contribution in [0.3, 0.4) is 0 Å². The van der Waals surface area contributed by atoms with Crippen molar-refractivity contribution in [3.8, 4) is 23.3 Å². The maximum Gasteiger partial charge on any atom is 0.275 e. The van der Waals surface area contributed by atoms with Crippen LogP contribution in [0.2, 0.25) is 0 Å².